The van der Waals surface area contributed by atoms with Crippen LogP contribution in [0.5, 0.6) is 0 Å². The van der Waals surface area contributed by atoms with Crippen molar-refractivity contribution in [3.05, 3.63) is 0 Å². The molecule has 88 valence electrons. The molecule has 0 saturated heterocycles. The Hall–Kier alpha value is 0.0200. The van der Waals surface area contributed by atoms with Crippen LogP contribution in [0.25, 0.3) is 0 Å². The standard InChI is InChI=1S/C13H24OS/c1-3-6-11(2)9-12(14)10-15-13-7-4-5-8-13/h11,13H,3-10H2,1-2H3. The molecule has 0 heterocycles. The summed E-state index contributed by atoms with van der Waals surface area (Å²) < 4.78 is 0. The predicted molar refractivity (Wildman–Crippen MR) is 68.4 cm³/mol. The first-order valence-corrected chi connectivity index (χ1v) is 7.40. The van der Waals surface area contributed by atoms with Crippen LogP contribution in [0, 0.1) is 5.92 Å². The van der Waals surface area contributed by atoms with E-state index in [1.807, 2.05) is 11.8 Å². The molecule has 0 amide bonds. The average Bonchev–Trinajstić information content (AvgIpc) is 2.67. The quantitative estimate of drug-likeness (QED) is 0.653. The summed E-state index contributed by atoms with van der Waals surface area (Å²) in [6, 6.07) is 0. The maximum absolute atomic E-state index is 11.7. The van der Waals surface area contributed by atoms with E-state index in [2.05, 4.69) is 13.8 Å². The van der Waals surface area contributed by atoms with E-state index in [1.165, 1.54) is 38.5 Å². The topological polar surface area (TPSA) is 17.1 Å². The third kappa shape index (κ3) is 5.60. The summed E-state index contributed by atoms with van der Waals surface area (Å²) in [5.74, 6) is 1.82. The number of carbonyl (C=O) groups excluding carboxylic acids is 1. The molecule has 1 aliphatic rings. The van der Waals surface area contributed by atoms with Gasteiger partial charge in [0.25, 0.3) is 0 Å². The molecule has 0 aromatic rings. The highest BCUT2D eigenvalue weighted by molar-refractivity contribution is 8.00. The van der Waals surface area contributed by atoms with Gasteiger partial charge in [-0.2, -0.15) is 11.8 Å². The average molecular weight is 228 g/mol. The Bertz CT molecular complexity index is 185. The van der Waals surface area contributed by atoms with Crippen LogP contribution in [0.1, 0.15) is 58.8 Å². The molecule has 0 radical (unpaired) electrons. The molecule has 0 aromatic carbocycles. The van der Waals surface area contributed by atoms with Gasteiger partial charge in [-0.25, -0.2) is 0 Å². The second kappa shape index (κ2) is 7.32. The van der Waals surface area contributed by atoms with Crippen molar-refractivity contribution in [2.75, 3.05) is 5.75 Å². The first kappa shape index (κ1) is 13.1. The third-order valence-electron chi connectivity index (χ3n) is 3.14. The first-order valence-electron chi connectivity index (χ1n) is 6.35. The molecule has 0 N–H and O–H groups in total. The highest BCUT2D eigenvalue weighted by atomic mass is 32.2. The van der Waals surface area contributed by atoms with E-state index in [0.717, 1.165) is 17.4 Å². The minimum atomic E-state index is 0.466. The van der Waals surface area contributed by atoms with Crippen LogP contribution in [0.2, 0.25) is 0 Å². The summed E-state index contributed by atoms with van der Waals surface area (Å²) in [5.41, 5.74) is 0. The van der Waals surface area contributed by atoms with Gasteiger partial charge in [0.2, 0.25) is 0 Å². The zero-order chi connectivity index (χ0) is 11.1. The van der Waals surface area contributed by atoms with Gasteiger partial charge in [0, 0.05) is 11.7 Å². The largest absolute Gasteiger partial charge is 0.299 e. The number of rotatable bonds is 7. The van der Waals surface area contributed by atoms with E-state index in [-0.39, 0.29) is 0 Å². The molecule has 1 atom stereocenters. The minimum Gasteiger partial charge on any atom is -0.299 e. The Kier molecular flexibility index (Phi) is 6.39. The third-order valence-corrected chi connectivity index (χ3v) is 4.57. The van der Waals surface area contributed by atoms with Crippen LogP contribution in [0.4, 0.5) is 0 Å². The van der Waals surface area contributed by atoms with Crippen LogP contribution in [-0.2, 0) is 4.79 Å². The summed E-state index contributed by atoms with van der Waals surface area (Å²) in [7, 11) is 0. The van der Waals surface area contributed by atoms with Crippen LogP contribution in [0.15, 0.2) is 0 Å². The normalized spacial score (nSPS) is 19.3. The molecule has 0 spiro atoms. The lowest BCUT2D eigenvalue weighted by Crippen LogP contribution is -2.10. The summed E-state index contributed by atoms with van der Waals surface area (Å²) in [6.07, 6.45) is 8.61. The zero-order valence-electron chi connectivity index (χ0n) is 10.1. The summed E-state index contributed by atoms with van der Waals surface area (Å²) in [5, 5.41) is 0.787. The highest BCUT2D eigenvalue weighted by Gasteiger charge is 2.17. The molecule has 15 heavy (non-hydrogen) atoms. The smallest absolute Gasteiger partial charge is 0.143 e. The molecule has 1 rings (SSSR count). The van der Waals surface area contributed by atoms with Gasteiger partial charge in [0.1, 0.15) is 5.78 Å². The SMILES string of the molecule is CCCC(C)CC(=O)CSC1CCCC1. The van der Waals surface area contributed by atoms with Crippen molar-refractivity contribution >= 4 is 17.5 Å². The molecule has 2 heteroatoms. The number of thioether (sulfide) groups is 1. The van der Waals surface area contributed by atoms with Gasteiger partial charge in [-0.05, 0) is 18.8 Å². The molecule has 1 aliphatic carbocycles. The number of Topliss-reactive ketones (excluding diaryl/α,β-unsaturated/α-hetero) is 1. The van der Waals surface area contributed by atoms with Gasteiger partial charge in [-0.15, -0.1) is 0 Å². The van der Waals surface area contributed by atoms with Crippen molar-refractivity contribution in [1.29, 1.82) is 0 Å². The Morgan fingerprint density at radius 1 is 1.40 bits per heavy atom. The van der Waals surface area contributed by atoms with Crippen molar-refractivity contribution in [2.24, 2.45) is 5.92 Å². The fourth-order valence-electron chi connectivity index (χ4n) is 2.31. The second-order valence-corrected chi connectivity index (χ2v) is 6.14. The Labute approximate surface area is 98.4 Å². The van der Waals surface area contributed by atoms with Gasteiger partial charge in [-0.1, -0.05) is 39.5 Å². The monoisotopic (exact) mass is 228 g/mol. The van der Waals surface area contributed by atoms with Crippen molar-refractivity contribution in [1.82, 2.24) is 0 Å². The van der Waals surface area contributed by atoms with E-state index < -0.39 is 0 Å². The summed E-state index contributed by atoms with van der Waals surface area (Å²) in [4.78, 5) is 11.7. The number of hydrogen-bond donors (Lipinski definition) is 0. The molecule has 1 fully saturated rings. The highest BCUT2D eigenvalue weighted by Crippen LogP contribution is 2.29. The van der Waals surface area contributed by atoms with Crippen LogP contribution < -0.4 is 0 Å². The molecule has 0 aromatic heterocycles. The Morgan fingerprint density at radius 3 is 2.67 bits per heavy atom. The van der Waals surface area contributed by atoms with Crippen molar-refractivity contribution < 1.29 is 4.79 Å². The number of ketones is 1. The van der Waals surface area contributed by atoms with Crippen molar-refractivity contribution in [2.45, 2.75) is 64.0 Å². The molecule has 1 nitrogen and oxygen atoms in total. The van der Waals surface area contributed by atoms with E-state index in [4.69, 9.17) is 0 Å². The molecular weight excluding hydrogens is 204 g/mol. The molecule has 1 unspecified atom stereocenters. The Balaban J connectivity index is 2.07. The molecular formula is C13H24OS. The molecule has 0 bridgehead atoms. The summed E-state index contributed by atoms with van der Waals surface area (Å²) >= 11 is 1.90. The lowest BCUT2D eigenvalue weighted by molar-refractivity contribution is -0.117. The number of carbonyl (C=O) groups is 1. The number of hydrogen-bond acceptors (Lipinski definition) is 2. The first-order chi connectivity index (χ1) is 7.22. The predicted octanol–water partition coefficient (Wildman–Crippen LogP) is 4.06. The van der Waals surface area contributed by atoms with Gasteiger partial charge in [0.05, 0.1) is 5.75 Å². The fourth-order valence-corrected chi connectivity index (χ4v) is 3.51. The van der Waals surface area contributed by atoms with E-state index in [0.29, 0.717) is 11.7 Å². The van der Waals surface area contributed by atoms with E-state index >= 15 is 0 Å². The molecule has 1 saturated carbocycles. The maximum atomic E-state index is 11.7. The minimum absolute atomic E-state index is 0.466. The van der Waals surface area contributed by atoms with Crippen molar-refractivity contribution in [3.63, 3.8) is 0 Å². The van der Waals surface area contributed by atoms with Gasteiger partial charge in [-0.3, -0.25) is 4.79 Å². The lowest BCUT2D eigenvalue weighted by atomic mass is 10.0. The second-order valence-electron chi connectivity index (χ2n) is 4.85. The molecule has 0 aliphatic heterocycles. The zero-order valence-corrected chi connectivity index (χ0v) is 10.9. The van der Waals surface area contributed by atoms with Gasteiger partial charge in [0.15, 0.2) is 0 Å². The van der Waals surface area contributed by atoms with Crippen LogP contribution in [0.3, 0.4) is 0 Å². The summed E-state index contributed by atoms with van der Waals surface area (Å²) in [6.45, 7) is 4.38. The van der Waals surface area contributed by atoms with E-state index in [9.17, 15) is 4.79 Å². The van der Waals surface area contributed by atoms with Crippen LogP contribution in [-0.4, -0.2) is 16.8 Å². The van der Waals surface area contributed by atoms with Crippen molar-refractivity contribution in [3.8, 4) is 0 Å². The fraction of sp³-hybridized carbons (Fsp3) is 0.923. The van der Waals surface area contributed by atoms with Gasteiger partial charge >= 0.3 is 0 Å². The van der Waals surface area contributed by atoms with Crippen LogP contribution >= 0.6 is 11.8 Å². The van der Waals surface area contributed by atoms with E-state index in [1.54, 1.807) is 0 Å². The van der Waals surface area contributed by atoms with Gasteiger partial charge < -0.3 is 0 Å². The Morgan fingerprint density at radius 2 is 2.07 bits per heavy atom. The maximum Gasteiger partial charge on any atom is 0.143 e. The lowest BCUT2D eigenvalue weighted by Gasteiger charge is -2.10.